The van der Waals surface area contributed by atoms with E-state index < -0.39 is 10.8 Å². The summed E-state index contributed by atoms with van der Waals surface area (Å²) in [5, 5.41) is 15.2. The van der Waals surface area contributed by atoms with Gasteiger partial charge < -0.3 is 4.74 Å². The van der Waals surface area contributed by atoms with Crippen LogP contribution in [-0.2, 0) is 4.79 Å². The monoisotopic (exact) mass is 451 g/mol. The molecule has 7 nitrogen and oxygen atoms in total. The van der Waals surface area contributed by atoms with Gasteiger partial charge in [0.15, 0.2) is 6.61 Å². The fourth-order valence-electron chi connectivity index (χ4n) is 1.91. The van der Waals surface area contributed by atoms with Crippen molar-refractivity contribution in [3.8, 4) is 5.75 Å². The summed E-state index contributed by atoms with van der Waals surface area (Å²) in [7, 11) is 0. The number of carbonyl (C=O) groups excluding carboxylic acids is 1. The first-order valence-electron chi connectivity index (χ1n) is 7.68. The van der Waals surface area contributed by atoms with Crippen LogP contribution in [-0.4, -0.2) is 23.1 Å². The molecule has 140 valence electrons. The summed E-state index contributed by atoms with van der Waals surface area (Å²) < 4.78 is 6.02. The van der Waals surface area contributed by atoms with Crippen molar-refractivity contribution in [3.05, 3.63) is 73.7 Å². The molecule has 2 aromatic carbocycles. The van der Waals surface area contributed by atoms with E-state index in [1.165, 1.54) is 12.1 Å². The number of hydrazone groups is 1. The third-order valence-electron chi connectivity index (χ3n) is 3.21. The quantitative estimate of drug-likeness (QED) is 0.377. The predicted octanol–water partition coefficient (Wildman–Crippen LogP) is 4.60. The van der Waals surface area contributed by atoms with Gasteiger partial charge in [-0.1, -0.05) is 29.8 Å². The van der Waals surface area contributed by atoms with Crippen molar-refractivity contribution >= 4 is 50.9 Å². The molecule has 0 atom stereocenters. The van der Waals surface area contributed by atoms with E-state index in [1.807, 2.05) is 0 Å². The second kappa shape index (κ2) is 9.84. The average molecular weight is 453 g/mol. The Morgan fingerprint density at radius 3 is 2.85 bits per heavy atom. The summed E-state index contributed by atoms with van der Waals surface area (Å²) in [4.78, 5) is 22.1. The Bertz CT molecular complexity index is 915. The highest BCUT2D eigenvalue weighted by Crippen LogP contribution is 2.27. The summed E-state index contributed by atoms with van der Waals surface area (Å²) in [6.45, 7) is 1.47. The molecule has 0 saturated carbocycles. The number of nitro benzene ring substituents is 1. The van der Waals surface area contributed by atoms with Crippen LogP contribution in [0.5, 0.6) is 5.75 Å². The van der Waals surface area contributed by atoms with E-state index >= 15 is 0 Å². The number of nitrogens with one attached hydrogen (secondary N) is 1. The van der Waals surface area contributed by atoms with E-state index in [4.69, 9.17) is 16.3 Å². The third-order valence-corrected chi connectivity index (χ3v) is 4.06. The second-order valence-corrected chi connectivity index (χ2v) is 6.63. The van der Waals surface area contributed by atoms with Gasteiger partial charge in [-0.15, -0.1) is 0 Å². The minimum Gasteiger partial charge on any atom is -0.483 e. The first-order valence-corrected chi connectivity index (χ1v) is 8.86. The maximum absolute atomic E-state index is 11.8. The maximum atomic E-state index is 11.8. The lowest BCUT2D eigenvalue weighted by Gasteiger charge is -2.07. The van der Waals surface area contributed by atoms with Crippen LogP contribution in [0.25, 0.3) is 6.08 Å². The second-order valence-electron chi connectivity index (χ2n) is 5.34. The SMILES string of the molecule is CC(C=Cc1cccc([N+](=O)[O-])c1)=NNC(=O)COc1ccc(Cl)cc1Br. The fraction of sp³-hybridized carbons (Fsp3) is 0.111. The Kier molecular flexibility index (Phi) is 7.51. The highest BCUT2D eigenvalue weighted by Gasteiger charge is 2.06. The molecule has 0 aromatic heterocycles. The van der Waals surface area contributed by atoms with Crippen LogP contribution in [0.3, 0.4) is 0 Å². The zero-order chi connectivity index (χ0) is 19.8. The molecule has 1 N–H and O–H groups in total. The number of carbonyl (C=O) groups is 1. The van der Waals surface area contributed by atoms with Crippen molar-refractivity contribution in [3.63, 3.8) is 0 Å². The number of benzene rings is 2. The number of allylic oxidation sites excluding steroid dienone is 1. The number of hydrogen-bond acceptors (Lipinski definition) is 5. The van der Waals surface area contributed by atoms with Crippen molar-refractivity contribution in [1.29, 1.82) is 0 Å². The molecule has 0 bridgehead atoms. The van der Waals surface area contributed by atoms with E-state index in [0.29, 0.717) is 26.5 Å². The van der Waals surface area contributed by atoms with Crippen LogP contribution in [0.1, 0.15) is 12.5 Å². The van der Waals surface area contributed by atoms with Crippen LogP contribution < -0.4 is 10.2 Å². The fourth-order valence-corrected chi connectivity index (χ4v) is 2.71. The van der Waals surface area contributed by atoms with Gasteiger partial charge in [0.05, 0.1) is 15.1 Å². The van der Waals surface area contributed by atoms with Gasteiger partial charge in [-0.25, -0.2) is 5.43 Å². The first kappa shape index (κ1) is 20.6. The molecule has 0 aliphatic carbocycles. The number of hydrogen-bond donors (Lipinski definition) is 1. The van der Waals surface area contributed by atoms with Gasteiger partial charge in [-0.05, 0) is 52.7 Å². The Hall–Kier alpha value is -2.71. The van der Waals surface area contributed by atoms with Gasteiger partial charge in [0.25, 0.3) is 11.6 Å². The number of nitro groups is 1. The normalized spacial score (nSPS) is 11.4. The summed E-state index contributed by atoms with van der Waals surface area (Å²) in [5.74, 6) is 0.0563. The van der Waals surface area contributed by atoms with Crippen molar-refractivity contribution < 1.29 is 14.5 Å². The van der Waals surface area contributed by atoms with Gasteiger partial charge >= 0.3 is 0 Å². The molecule has 2 aromatic rings. The highest BCUT2D eigenvalue weighted by atomic mass is 79.9. The Morgan fingerprint density at radius 2 is 2.15 bits per heavy atom. The van der Waals surface area contributed by atoms with Crippen molar-refractivity contribution in [1.82, 2.24) is 5.43 Å². The number of nitrogens with zero attached hydrogens (tertiary/aromatic N) is 2. The number of non-ortho nitro benzene ring substituents is 1. The van der Waals surface area contributed by atoms with Gasteiger partial charge in [-0.3, -0.25) is 14.9 Å². The van der Waals surface area contributed by atoms with E-state index in [2.05, 4.69) is 26.5 Å². The van der Waals surface area contributed by atoms with Crippen LogP contribution in [0.15, 0.2) is 58.1 Å². The van der Waals surface area contributed by atoms with E-state index in [9.17, 15) is 14.9 Å². The van der Waals surface area contributed by atoms with Gasteiger partial charge in [0.2, 0.25) is 0 Å². The predicted molar refractivity (Wildman–Crippen MR) is 108 cm³/mol. The molecule has 0 aliphatic heterocycles. The van der Waals surface area contributed by atoms with Crippen LogP contribution >= 0.6 is 27.5 Å². The average Bonchev–Trinajstić information content (AvgIpc) is 2.64. The standard InChI is InChI=1S/C18H15BrClN3O4/c1-12(5-6-13-3-2-4-15(9-13)23(25)26)21-22-18(24)11-27-17-8-7-14(20)10-16(17)19/h2-10H,11H2,1H3,(H,22,24). The summed E-state index contributed by atoms with van der Waals surface area (Å²) in [6, 6.07) is 11.1. The molecule has 0 spiro atoms. The lowest BCUT2D eigenvalue weighted by atomic mass is 10.2. The van der Waals surface area contributed by atoms with Gasteiger partial charge in [0.1, 0.15) is 5.75 Å². The van der Waals surface area contributed by atoms with Gasteiger partial charge in [0, 0.05) is 17.2 Å². The molecule has 2 rings (SSSR count). The third kappa shape index (κ3) is 6.84. The van der Waals surface area contributed by atoms with Crippen molar-refractivity contribution in [2.45, 2.75) is 6.92 Å². The molecule has 0 saturated heterocycles. The van der Waals surface area contributed by atoms with E-state index in [1.54, 1.807) is 49.4 Å². The zero-order valence-corrected chi connectivity index (χ0v) is 16.5. The summed E-state index contributed by atoms with van der Waals surface area (Å²) in [5.41, 5.74) is 3.55. The number of ether oxygens (including phenoxy) is 1. The molecule has 0 unspecified atom stereocenters. The zero-order valence-electron chi connectivity index (χ0n) is 14.2. The largest absolute Gasteiger partial charge is 0.483 e. The topological polar surface area (TPSA) is 93.8 Å². The van der Waals surface area contributed by atoms with E-state index in [-0.39, 0.29) is 12.3 Å². The number of amides is 1. The van der Waals surface area contributed by atoms with Crippen molar-refractivity contribution in [2.24, 2.45) is 5.10 Å². The number of halogens is 2. The highest BCUT2D eigenvalue weighted by molar-refractivity contribution is 9.10. The lowest BCUT2D eigenvalue weighted by Crippen LogP contribution is -2.25. The minimum absolute atomic E-state index is 0.00514. The van der Waals surface area contributed by atoms with Crippen LogP contribution in [0.4, 0.5) is 5.69 Å². The molecule has 0 aliphatic rings. The Labute approximate surface area is 169 Å². The molecule has 27 heavy (non-hydrogen) atoms. The van der Waals surface area contributed by atoms with E-state index in [0.717, 1.165) is 0 Å². The van der Waals surface area contributed by atoms with Gasteiger partial charge in [-0.2, -0.15) is 5.10 Å². The molecule has 0 heterocycles. The molecular weight excluding hydrogens is 438 g/mol. The van der Waals surface area contributed by atoms with Crippen molar-refractivity contribution in [2.75, 3.05) is 6.61 Å². The molecular formula is C18H15BrClN3O4. The van der Waals surface area contributed by atoms with Crippen LogP contribution in [0, 0.1) is 10.1 Å². The minimum atomic E-state index is -0.461. The summed E-state index contributed by atoms with van der Waals surface area (Å²) >= 11 is 9.14. The maximum Gasteiger partial charge on any atom is 0.277 e. The lowest BCUT2D eigenvalue weighted by molar-refractivity contribution is -0.384. The smallest absolute Gasteiger partial charge is 0.277 e. The molecule has 1 amide bonds. The Balaban J connectivity index is 1.88. The molecule has 0 fully saturated rings. The first-order chi connectivity index (χ1) is 12.8. The molecule has 0 radical (unpaired) electrons. The number of rotatable bonds is 7. The Morgan fingerprint density at radius 1 is 1.37 bits per heavy atom. The summed E-state index contributed by atoms with van der Waals surface area (Å²) in [6.07, 6.45) is 3.30. The molecule has 9 heteroatoms. The van der Waals surface area contributed by atoms with Crippen LogP contribution in [0.2, 0.25) is 5.02 Å².